The lowest BCUT2D eigenvalue weighted by atomic mass is 10.2. The molecule has 0 unspecified atom stereocenters. The van der Waals surface area contributed by atoms with E-state index in [1.165, 1.54) is 0 Å². The topological polar surface area (TPSA) is 74.0 Å². The van der Waals surface area contributed by atoms with Gasteiger partial charge < -0.3 is 10.1 Å². The van der Waals surface area contributed by atoms with E-state index in [4.69, 9.17) is 4.74 Å². The summed E-state index contributed by atoms with van der Waals surface area (Å²) in [5.74, 6) is -0.0317. The first-order chi connectivity index (χ1) is 10.5. The molecule has 0 aliphatic carbocycles. The lowest BCUT2D eigenvalue weighted by Crippen LogP contribution is -2.33. The smallest absolute Gasteiger partial charge is 0.222 e. The fourth-order valence-electron chi connectivity index (χ4n) is 2.47. The van der Waals surface area contributed by atoms with Gasteiger partial charge in [0, 0.05) is 39.0 Å². The Balaban J connectivity index is 1.94. The molecule has 0 bridgehead atoms. The van der Waals surface area contributed by atoms with E-state index in [9.17, 15) is 4.79 Å². The van der Waals surface area contributed by atoms with Crippen LogP contribution >= 0.6 is 0 Å². The van der Waals surface area contributed by atoms with Crippen molar-refractivity contribution in [1.82, 2.24) is 24.9 Å². The molecule has 1 atom stereocenters. The molecule has 0 aliphatic rings. The molecule has 2 aromatic heterocycles. The number of hydrogen-bond acceptors (Lipinski definition) is 4. The normalized spacial score (nSPS) is 12.4. The molecule has 0 fully saturated rings. The zero-order valence-electron chi connectivity index (χ0n) is 13.5. The van der Waals surface area contributed by atoms with Gasteiger partial charge in [0.05, 0.1) is 24.0 Å². The van der Waals surface area contributed by atoms with Gasteiger partial charge in [-0.05, 0) is 26.0 Å². The van der Waals surface area contributed by atoms with E-state index < -0.39 is 0 Å². The van der Waals surface area contributed by atoms with Crippen molar-refractivity contribution in [3.05, 3.63) is 35.4 Å². The molecule has 0 spiro atoms. The molecule has 7 heteroatoms. The van der Waals surface area contributed by atoms with Crippen LogP contribution in [0.15, 0.2) is 18.3 Å². The maximum absolute atomic E-state index is 12.2. The molecule has 2 aromatic rings. The minimum Gasteiger partial charge on any atom is -0.382 e. The molecule has 22 heavy (non-hydrogen) atoms. The minimum absolute atomic E-state index is 0.0317. The molecule has 0 aromatic carbocycles. The second kappa shape index (κ2) is 7.22. The van der Waals surface area contributed by atoms with Crippen LogP contribution in [0.1, 0.15) is 29.5 Å². The molecule has 0 aliphatic heterocycles. The third kappa shape index (κ3) is 3.94. The van der Waals surface area contributed by atoms with Crippen LogP contribution in [0.4, 0.5) is 0 Å². The van der Waals surface area contributed by atoms with Gasteiger partial charge in [0.1, 0.15) is 0 Å². The van der Waals surface area contributed by atoms with Gasteiger partial charge in [0.25, 0.3) is 0 Å². The Bertz CT molecular complexity index is 632. The van der Waals surface area contributed by atoms with E-state index in [1.54, 1.807) is 18.0 Å². The third-order valence-corrected chi connectivity index (χ3v) is 3.54. The van der Waals surface area contributed by atoms with Gasteiger partial charge in [-0.25, -0.2) is 0 Å². The molecule has 120 valence electrons. The SMILES string of the molecule is COC[C@H](NC(=O)CCn1nc(C)cc1C)c1ccnn1C. The maximum atomic E-state index is 12.2. The number of nitrogens with one attached hydrogen (secondary N) is 1. The van der Waals surface area contributed by atoms with E-state index in [2.05, 4.69) is 15.5 Å². The van der Waals surface area contributed by atoms with Crippen molar-refractivity contribution in [3.8, 4) is 0 Å². The number of hydrogen-bond donors (Lipinski definition) is 1. The van der Waals surface area contributed by atoms with E-state index in [-0.39, 0.29) is 11.9 Å². The average Bonchev–Trinajstić information content (AvgIpc) is 3.01. The number of nitrogens with zero attached hydrogens (tertiary/aromatic N) is 4. The summed E-state index contributed by atoms with van der Waals surface area (Å²) in [7, 11) is 3.46. The molecule has 0 saturated heterocycles. The van der Waals surface area contributed by atoms with Crippen LogP contribution in [0, 0.1) is 13.8 Å². The van der Waals surface area contributed by atoms with Crippen molar-refractivity contribution in [2.45, 2.75) is 32.9 Å². The maximum Gasteiger partial charge on any atom is 0.222 e. The van der Waals surface area contributed by atoms with Crippen LogP contribution < -0.4 is 5.32 Å². The molecule has 7 nitrogen and oxygen atoms in total. The van der Waals surface area contributed by atoms with Crippen LogP contribution in [0.2, 0.25) is 0 Å². The van der Waals surface area contributed by atoms with Crippen LogP contribution in [0.25, 0.3) is 0 Å². The van der Waals surface area contributed by atoms with E-state index in [1.807, 2.05) is 37.7 Å². The van der Waals surface area contributed by atoms with Crippen molar-refractivity contribution in [3.63, 3.8) is 0 Å². The predicted molar refractivity (Wildman–Crippen MR) is 82.3 cm³/mol. The van der Waals surface area contributed by atoms with E-state index >= 15 is 0 Å². The Hall–Kier alpha value is -2.15. The number of carbonyl (C=O) groups excluding carboxylic acids is 1. The monoisotopic (exact) mass is 305 g/mol. The molecule has 0 saturated carbocycles. The van der Waals surface area contributed by atoms with Gasteiger partial charge in [-0.1, -0.05) is 0 Å². The molecule has 1 N–H and O–H groups in total. The standard InChI is InChI=1S/C15H23N5O2/c1-11-9-12(2)20(18-11)8-6-15(21)17-13(10-22-4)14-5-7-16-19(14)3/h5,7,9,13H,6,8,10H2,1-4H3,(H,17,21)/t13-/m0/s1. The number of aromatic nitrogens is 4. The van der Waals surface area contributed by atoms with Crippen LogP contribution in [-0.2, 0) is 23.1 Å². The highest BCUT2D eigenvalue weighted by Crippen LogP contribution is 2.12. The molecule has 0 radical (unpaired) electrons. The van der Waals surface area contributed by atoms with Gasteiger partial charge in [-0.2, -0.15) is 10.2 Å². The summed E-state index contributed by atoms with van der Waals surface area (Å²) in [5.41, 5.74) is 2.94. The Morgan fingerprint density at radius 1 is 1.45 bits per heavy atom. The Morgan fingerprint density at radius 2 is 2.23 bits per heavy atom. The highest BCUT2D eigenvalue weighted by Gasteiger charge is 2.17. The summed E-state index contributed by atoms with van der Waals surface area (Å²) in [6, 6.07) is 3.68. The predicted octanol–water partition coefficient (Wildman–Crippen LogP) is 1.13. The van der Waals surface area contributed by atoms with Crippen molar-refractivity contribution < 1.29 is 9.53 Å². The van der Waals surface area contributed by atoms with Crippen molar-refractivity contribution >= 4 is 5.91 Å². The van der Waals surface area contributed by atoms with Gasteiger partial charge in [0.15, 0.2) is 0 Å². The second-order valence-electron chi connectivity index (χ2n) is 5.36. The first-order valence-electron chi connectivity index (χ1n) is 7.28. The number of aryl methyl sites for hydroxylation is 4. The third-order valence-electron chi connectivity index (χ3n) is 3.54. The highest BCUT2D eigenvalue weighted by atomic mass is 16.5. The van der Waals surface area contributed by atoms with Gasteiger partial charge in [-0.15, -0.1) is 0 Å². The van der Waals surface area contributed by atoms with Crippen molar-refractivity contribution in [2.24, 2.45) is 7.05 Å². The van der Waals surface area contributed by atoms with E-state index in [0.717, 1.165) is 17.1 Å². The van der Waals surface area contributed by atoms with Crippen LogP contribution in [-0.4, -0.2) is 39.2 Å². The Kier molecular flexibility index (Phi) is 5.32. The summed E-state index contributed by atoms with van der Waals surface area (Å²) in [5, 5.41) is 11.5. The number of ether oxygens (including phenoxy) is 1. The number of rotatable bonds is 7. The molecule has 1 amide bonds. The molecule has 2 heterocycles. The van der Waals surface area contributed by atoms with Gasteiger partial charge >= 0.3 is 0 Å². The quantitative estimate of drug-likeness (QED) is 0.832. The second-order valence-corrected chi connectivity index (χ2v) is 5.36. The largest absolute Gasteiger partial charge is 0.382 e. The zero-order valence-corrected chi connectivity index (χ0v) is 13.5. The van der Waals surface area contributed by atoms with Crippen molar-refractivity contribution in [2.75, 3.05) is 13.7 Å². The number of amides is 1. The lowest BCUT2D eigenvalue weighted by molar-refractivity contribution is -0.122. The van der Waals surface area contributed by atoms with Crippen molar-refractivity contribution in [1.29, 1.82) is 0 Å². The lowest BCUT2D eigenvalue weighted by Gasteiger charge is -2.18. The zero-order chi connectivity index (χ0) is 16.1. The fourth-order valence-corrected chi connectivity index (χ4v) is 2.47. The van der Waals surface area contributed by atoms with Crippen LogP contribution in [0.5, 0.6) is 0 Å². The number of methoxy groups -OCH3 is 1. The summed E-state index contributed by atoms with van der Waals surface area (Å²) >= 11 is 0. The Morgan fingerprint density at radius 3 is 2.77 bits per heavy atom. The molecule has 2 rings (SSSR count). The summed E-state index contributed by atoms with van der Waals surface area (Å²) < 4.78 is 8.79. The first-order valence-corrected chi connectivity index (χ1v) is 7.28. The average molecular weight is 305 g/mol. The fraction of sp³-hybridized carbons (Fsp3) is 0.533. The number of carbonyl (C=O) groups is 1. The van der Waals surface area contributed by atoms with E-state index in [0.29, 0.717) is 19.6 Å². The van der Waals surface area contributed by atoms with Gasteiger partial charge in [-0.3, -0.25) is 14.2 Å². The first kappa shape index (κ1) is 16.2. The summed E-state index contributed by atoms with van der Waals surface area (Å²) in [6.07, 6.45) is 2.08. The minimum atomic E-state index is -0.203. The van der Waals surface area contributed by atoms with Crippen LogP contribution in [0.3, 0.4) is 0 Å². The highest BCUT2D eigenvalue weighted by molar-refractivity contribution is 5.76. The Labute approximate surface area is 130 Å². The summed E-state index contributed by atoms with van der Waals surface area (Å²) in [4.78, 5) is 12.2. The molecular weight excluding hydrogens is 282 g/mol. The molecular formula is C15H23N5O2. The summed E-state index contributed by atoms with van der Waals surface area (Å²) in [6.45, 7) is 4.91. The van der Waals surface area contributed by atoms with Gasteiger partial charge in [0.2, 0.25) is 5.91 Å².